The van der Waals surface area contributed by atoms with Gasteiger partial charge in [-0.05, 0) is 37.6 Å². The van der Waals surface area contributed by atoms with E-state index in [2.05, 4.69) is 32.6 Å². The van der Waals surface area contributed by atoms with Gasteiger partial charge < -0.3 is 25.0 Å². The number of anilines is 1. The predicted octanol–water partition coefficient (Wildman–Crippen LogP) is 4.88. The molecule has 6 rings (SSSR count). The van der Waals surface area contributed by atoms with Gasteiger partial charge in [0.15, 0.2) is 0 Å². The Morgan fingerprint density at radius 1 is 1.29 bits per heavy atom. The maximum absolute atomic E-state index is 15.9. The van der Waals surface area contributed by atoms with E-state index in [1.54, 1.807) is 18.2 Å². The van der Waals surface area contributed by atoms with E-state index in [1.165, 1.54) is 0 Å². The fourth-order valence-electron chi connectivity index (χ4n) is 6.04. The molecule has 0 radical (unpaired) electrons. The second kappa shape index (κ2) is 11.0. The summed E-state index contributed by atoms with van der Waals surface area (Å²) in [7, 11) is 0. The summed E-state index contributed by atoms with van der Waals surface area (Å²) in [6, 6.07) is 3.70. The number of nitrogens with zero attached hydrogens (tertiary/aromatic N) is 3. The number of hydrogen-bond acceptors (Lipinski definition) is 10. The molecule has 3 aromatic rings. The molecule has 1 amide bonds. The SMILES string of the molecule is CCC1[C@H](F)[C@H](Nc2cccc3c(SC(F)(F)F)c(-c4noc([C@H]5C[C@H](O)C(=O)N5)n4)sc23)CC(C)N1C1COC1. The third-order valence-electron chi connectivity index (χ3n) is 7.95. The first-order valence-electron chi connectivity index (χ1n) is 13.4. The van der Waals surface area contributed by atoms with Crippen molar-refractivity contribution < 1.29 is 36.7 Å². The van der Waals surface area contributed by atoms with Crippen molar-refractivity contribution >= 4 is 44.8 Å². The smallest absolute Gasteiger partial charge is 0.383 e. The van der Waals surface area contributed by atoms with Crippen molar-refractivity contribution in [3.05, 3.63) is 24.1 Å². The Kier molecular flexibility index (Phi) is 7.68. The number of fused-ring (bicyclic) bond motifs is 1. The topological polar surface area (TPSA) is 113 Å². The van der Waals surface area contributed by atoms with Gasteiger partial charge >= 0.3 is 5.51 Å². The van der Waals surface area contributed by atoms with Crippen molar-refractivity contribution in [3.63, 3.8) is 0 Å². The predicted molar refractivity (Wildman–Crippen MR) is 145 cm³/mol. The van der Waals surface area contributed by atoms with Crippen molar-refractivity contribution in [1.29, 1.82) is 0 Å². The lowest BCUT2D eigenvalue weighted by Gasteiger charge is -2.51. The lowest BCUT2D eigenvalue weighted by Crippen LogP contribution is -2.65. The molecule has 0 aliphatic carbocycles. The summed E-state index contributed by atoms with van der Waals surface area (Å²) in [5.74, 6) is -0.654. The molecule has 222 valence electrons. The van der Waals surface area contributed by atoms with Crippen molar-refractivity contribution in [2.75, 3.05) is 18.5 Å². The largest absolute Gasteiger partial charge is 0.446 e. The fourth-order valence-corrected chi connectivity index (χ4v) is 8.15. The zero-order valence-electron chi connectivity index (χ0n) is 22.2. The zero-order valence-corrected chi connectivity index (χ0v) is 23.8. The standard InChI is InChI=1S/C26H29F4N5O4S2/c1-3-17-19(27)15(7-11(2)35(17)12-9-38-10-12)31-14-6-4-5-13-20(14)40-22(21(13)41-26(28,29)30)23-33-25(39-34-23)16-8-18(36)24(37)32-16/h4-6,11-12,15-19,31,36H,3,7-10H2,1-2H3,(H,32,37)/t11?,15-,16-,17?,18+,19-/m1/s1. The summed E-state index contributed by atoms with van der Waals surface area (Å²) in [6.07, 6.45) is -1.25. The number of aromatic nitrogens is 2. The maximum atomic E-state index is 15.9. The Balaban J connectivity index is 1.34. The molecule has 0 saturated carbocycles. The number of halogens is 4. The quantitative estimate of drug-likeness (QED) is 0.253. The Labute approximate surface area is 241 Å². The molecular formula is C26H29F4N5O4S2. The van der Waals surface area contributed by atoms with Gasteiger partial charge in [0.2, 0.25) is 17.6 Å². The Morgan fingerprint density at radius 2 is 2.07 bits per heavy atom. The van der Waals surface area contributed by atoms with E-state index in [9.17, 15) is 23.1 Å². The normalized spacial score (nSPS) is 29.6. The van der Waals surface area contributed by atoms with E-state index in [4.69, 9.17) is 9.26 Å². The average molecular weight is 616 g/mol. The number of likely N-dealkylation sites (tertiary alicyclic amines) is 1. The summed E-state index contributed by atoms with van der Waals surface area (Å²) in [5.41, 5.74) is -4.05. The number of benzene rings is 1. The number of amides is 1. The van der Waals surface area contributed by atoms with Gasteiger partial charge in [0.25, 0.3) is 0 Å². The van der Waals surface area contributed by atoms with Crippen LogP contribution in [0.5, 0.6) is 0 Å². The van der Waals surface area contributed by atoms with E-state index in [0.29, 0.717) is 41.8 Å². The summed E-state index contributed by atoms with van der Waals surface area (Å²) >= 11 is 0.794. The van der Waals surface area contributed by atoms with Crippen LogP contribution in [0.2, 0.25) is 0 Å². The molecular weight excluding hydrogens is 586 g/mol. The summed E-state index contributed by atoms with van der Waals surface area (Å²) in [4.78, 5) is 18.3. The second-order valence-corrected chi connectivity index (χ2v) is 12.7. The molecule has 6 atom stereocenters. The highest BCUT2D eigenvalue weighted by molar-refractivity contribution is 8.00. The molecule has 3 aliphatic heterocycles. The highest BCUT2D eigenvalue weighted by Crippen LogP contribution is 2.51. The number of rotatable bonds is 7. The van der Waals surface area contributed by atoms with Crippen molar-refractivity contribution in [2.24, 2.45) is 0 Å². The van der Waals surface area contributed by atoms with E-state index >= 15 is 4.39 Å². The molecule has 3 N–H and O–H groups in total. The van der Waals surface area contributed by atoms with Crippen molar-refractivity contribution in [2.45, 2.75) is 86.0 Å². The first-order valence-corrected chi connectivity index (χ1v) is 15.1. The van der Waals surface area contributed by atoms with Crippen LogP contribution in [0.3, 0.4) is 0 Å². The van der Waals surface area contributed by atoms with Crippen LogP contribution in [0, 0.1) is 0 Å². The van der Waals surface area contributed by atoms with Gasteiger partial charge in [-0.1, -0.05) is 24.2 Å². The number of aliphatic hydroxyl groups excluding tert-OH is 1. The molecule has 41 heavy (non-hydrogen) atoms. The summed E-state index contributed by atoms with van der Waals surface area (Å²) < 4.78 is 68.2. The molecule has 9 nitrogen and oxygen atoms in total. The Morgan fingerprint density at radius 3 is 2.71 bits per heavy atom. The van der Waals surface area contributed by atoms with E-state index < -0.39 is 35.8 Å². The molecule has 5 heterocycles. The van der Waals surface area contributed by atoms with Gasteiger partial charge in [-0.2, -0.15) is 18.2 Å². The van der Waals surface area contributed by atoms with Crippen LogP contribution < -0.4 is 10.6 Å². The van der Waals surface area contributed by atoms with E-state index in [1.807, 2.05) is 6.92 Å². The number of thioether (sulfide) groups is 1. The third-order valence-corrected chi connectivity index (χ3v) is 10.2. The van der Waals surface area contributed by atoms with Gasteiger partial charge in [0.1, 0.15) is 18.3 Å². The van der Waals surface area contributed by atoms with E-state index in [-0.39, 0.29) is 57.8 Å². The lowest BCUT2D eigenvalue weighted by atomic mass is 9.86. The zero-order chi connectivity index (χ0) is 29.1. The molecule has 1 aromatic carbocycles. The minimum atomic E-state index is -4.59. The number of alkyl halides is 4. The second-order valence-electron chi connectivity index (χ2n) is 10.7. The summed E-state index contributed by atoms with van der Waals surface area (Å²) in [5, 5.41) is 19.8. The molecule has 3 saturated heterocycles. The van der Waals surface area contributed by atoms with Crippen LogP contribution in [-0.4, -0.2) is 81.2 Å². The molecule has 0 bridgehead atoms. The van der Waals surface area contributed by atoms with Gasteiger partial charge in [-0.25, -0.2) is 4.39 Å². The molecule has 3 fully saturated rings. The summed E-state index contributed by atoms with van der Waals surface area (Å²) in [6.45, 7) is 5.22. The number of thiophene rings is 1. The molecule has 3 aliphatic rings. The van der Waals surface area contributed by atoms with Crippen LogP contribution in [0.25, 0.3) is 20.8 Å². The number of piperidine rings is 1. The van der Waals surface area contributed by atoms with Crippen molar-refractivity contribution in [3.8, 4) is 10.7 Å². The number of aliphatic hydroxyl groups is 1. The number of nitrogens with one attached hydrogen (secondary N) is 2. The first-order chi connectivity index (χ1) is 19.5. The van der Waals surface area contributed by atoms with Crippen LogP contribution in [0.1, 0.15) is 45.0 Å². The van der Waals surface area contributed by atoms with Crippen LogP contribution in [0.4, 0.5) is 23.2 Å². The molecule has 15 heteroatoms. The van der Waals surface area contributed by atoms with Crippen LogP contribution in [-0.2, 0) is 9.53 Å². The molecule has 2 aromatic heterocycles. The first kappa shape index (κ1) is 28.6. The fraction of sp³-hybridized carbons (Fsp3) is 0.577. The third kappa shape index (κ3) is 5.42. The molecule has 2 unspecified atom stereocenters. The Bertz CT molecular complexity index is 1430. The highest BCUT2D eigenvalue weighted by atomic mass is 32.2. The minimum absolute atomic E-state index is 0.00727. The lowest BCUT2D eigenvalue weighted by molar-refractivity contribution is -0.126. The molecule has 0 spiro atoms. The maximum Gasteiger partial charge on any atom is 0.446 e. The number of carbonyl (C=O) groups excluding carboxylic acids is 1. The van der Waals surface area contributed by atoms with Crippen LogP contribution in [0.15, 0.2) is 27.6 Å². The van der Waals surface area contributed by atoms with Gasteiger partial charge in [-0.15, -0.1) is 11.3 Å². The minimum Gasteiger partial charge on any atom is -0.383 e. The average Bonchev–Trinajstić information content (AvgIpc) is 3.59. The Hall–Kier alpha value is -2.46. The van der Waals surface area contributed by atoms with E-state index in [0.717, 1.165) is 11.3 Å². The van der Waals surface area contributed by atoms with Crippen LogP contribution >= 0.6 is 23.1 Å². The highest BCUT2D eigenvalue weighted by Gasteiger charge is 2.46. The number of ether oxygens (including phenoxy) is 1. The van der Waals surface area contributed by atoms with Gasteiger partial charge in [-0.3, -0.25) is 9.69 Å². The number of hydrogen-bond donors (Lipinski definition) is 3. The van der Waals surface area contributed by atoms with Crippen molar-refractivity contribution in [1.82, 2.24) is 20.4 Å². The monoisotopic (exact) mass is 615 g/mol. The van der Waals surface area contributed by atoms with Gasteiger partial charge in [0, 0.05) is 28.8 Å². The number of carbonyl (C=O) groups is 1. The van der Waals surface area contributed by atoms with Gasteiger partial charge in [0.05, 0.1) is 40.6 Å².